The Morgan fingerprint density at radius 2 is 1.92 bits per heavy atom. The zero-order chi connectivity index (χ0) is 17.7. The van der Waals surface area contributed by atoms with E-state index in [9.17, 15) is 9.59 Å². The summed E-state index contributed by atoms with van der Waals surface area (Å²) in [6, 6.07) is 7.45. The second kappa shape index (κ2) is 7.63. The first-order valence-corrected chi connectivity index (χ1v) is 7.45. The van der Waals surface area contributed by atoms with E-state index < -0.39 is 12.0 Å². The highest BCUT2D eigenvalue weighted by Gasteiger charge is 2.22. The van der Waals surface area contributed by atoms with Gasteiger partial charge in [-0.25, -0.2) is 9.48 Å². The number of hydrogen-bond acceptors (Lipinski definition) is 6. The smallest absolute Gasteiger partial charge is 0.330 e. The number of carbonyl (C=O) groups is 1. The van der Waals surface area contributed by atoms with E-state index in [0.29, 0.717) is 29.2 Å². The van der Waals surface area contributed by atoms with Crippen molar-refractivity contribution in [3.63, 3.8) is 0 Å². The predicted molar refractivity (Wildman–Crippen MR) is 88.4 cm³/mol. The molecule has 0 bridgehead atoms. The minimum atomic E-state index is -0.779. The maximum absolute atomic E-state index is 12.1. The van der Waals surface area contributed by atoms with Gasteiger partial charge >= 0.3 is 5.97 Å². The molecular formula is C17H20N2O5. The summed E-state index contributed by atoms with van der Waals surface area (Å²) in [5.74, 6) is 0.701. The van der Waals surface area contributed by atoms with Crippen LogP contribution >= 0.6 is 0 Å². The fourth-order valence-electron chi connectivity index (χ4n) is 2.38. The van der Waals surface area contributed by atoms with Gasteiger partial charge in [0.15, 0.2) is 6.04 Å². The number of benzene rings is 1. The zero-order valence-electron chi connectivity index (χ0n) is 14.1. The summed E-state index contributed by atoms with van der Waals surface area (Å²) in [4.78, 5) is 24.0. The van der Waals surface area contributed by atoms with E-state index >= 15 is 0 Å². The molecule has 7 heteroatoms. The number of nitrogens with zero attached hydrogens (tertiary/aromatic N) is 2. The van der Waals surface area contributed by atoms with Crippen molar-refractivity contribution < 1.29 is 19.0 Å². The van der Waals surface area contributed by atoms with E-state index in [-0.39, 0.29) is 5.56 Å². The van der Waals surface area contributed by atoms with Gasteiger partial charge in [-0.15, -0.1) is 0 Å². The Labute approximate surface area is 139 Å². The quantitative estimate of drug-likeness (QED) is 0.753. The SMILES string of the molecule is CC[C@H](C(=O)OC)n1nc(-c2cc(OC)ccc2OC)ccc1=O. The number of aromatic nitrogens is 2. The lowest BCUT2D eigenvalue weighted by molar-refractivity contribution is -0.145. The Kier molecular flexibility index (Phi) is 5.57. The van der Waals surface area contributed by atoms with Gasteiger partial charge in [-0.3, -0.25) is 4.79 Å². The Morgan fingerprint density at radius 1 is 1.17 bits per heavy atom. The van der Waals surface area contributed by atoms with Crippen molar-refractivity contribution in [3.8, 4) is 22.8 Å². The van der Waals surface area contributed by atoms with Crippen molar-refractivity contribution in [1.29, 1.82) is 0 Å². The molecule has 0 aliphatic rings. The van der Waals surface area contributed by atoms with Crippen LogP contribution in [0.15, 0.2) is 35.1 Å². The third-order valence-corrected chi connectivity index (χ3v) is 3.66. The third kappa shape index (κ3) is 3.40. The van der Waals surface area contributed by atoms with E-state index in [0.717, 1.165) is 4.68 Å². The number of methoxy groups -OCH3 is 3. The molecule has 2 aromatic rings. The first kappa shape index (κ1) is 17.5. The van der Waals surface area contributed by atoms with E-state index in [1.807, 2.05) is 0 Å². The Balaban J connectivity index is 2.60. The van der Waals surface area contributed by atoms with Crippen LogP contribution in [0.25, 0.3) is 11.3 Å². The van der Waals surface area contributed by atoms with Crippen LogP contribution in [0.3, 0.4) is 0 Å². The maximum Gasteiger partial charge on any atom is 0.330 e. The van der Waals surface area contributed by atoms with Crippen molar-refractivity contribution in [2.24, 2.45) is 0 Å². The summed E-state index contributed by atoms with van der Waals surface area (Å²) < 4.78 is 16.5. The molecule has 0 aliphatic carbocycles. The van der Waals surface area contributed by atoms with Crippen LogP contribution in [0.2, 0.25) is 0 Å². The van der Waals surface area contributed by atoms with E-state index in [1.165, 1.54) is 13.2 Å². The number of esters is 1. The fourth-order valence-corrected chi connectivity index (χ4v) is 2.38. The summed E-state index contributed by atoms with van der Waals surface area (Å²) in [6.45, 7) is 1.79. The highest BCUT2D eigenvalue weighted by atomic mass is 16.5. The Bertz CT molecular complexity index is 785. The van der Waals surface area contributed by atoms with Gasteiger partial charge < -0.3 is 14.2 Å². The van der Waals surface area contributed by atoms with E-state index in [2.05, 4.69) is 5.10 Å². The summed E-state index contributed by atoms with van der Waals surface area (Å²) in [6.07, 6.45) is 0.387. The van der Waals surface area contributed by atoms with Crippen LogP contribution in [0, 0.1) is 0 Å². The molecule has 24 heavy (non-hydrogen) atoms. The number of ether oxygens (including phenoxy) is 3. The largest absolute Gasteiger partial charge is 0.497 e. The molecule has 0 aliphatic heterocycles. The average Bonchev–Trinajstić information content (AvgIpc) is 2.62. The van der Waals surface area contributed by atoms with Gasteiger partial charge in [0, 0.05) is 11.6 Å². The molecule has 2 rings (SSSR count). The monoisotopic (exact) mass is 332 g/mol. The van der Waals surface area contributed by atoms with Gasteiger partial charge in [-0.05, 0) is 30.7 Å². The first-order valence-electron chi connectivity index (χ1n) is 7.45. The zero-order valence-corrected chi connectivity index (χ0v) is 14.1. The van der Waals surface area contributed by atoms with Crippen LogP contribution in [0.1, 0.15) is 19.4 Å². The molecule has 128 valence electrons. The molecule has 1 atom stereocenters. The van der Waals surface area contributed by atoms with Crippen LogP contribution in [0.4, 0.5) is 0 Å². The molecule has 0 spiro atoms. The second-order valence-electron chi connectivity index (χ2n) is 5.01. The lowest BCUT2D eigenvalue weighted by Gasteiger charge is -2.16. The van der Waals surface area contributed by atoms with Gasteiger partial charge in [-0.1, -0.05) is 6.92 Å². The Hall–Kier alpha value is -2.83. The van der Waals surface area contributed by atoms with Crippen LogP contribution in [-0.2, 0) is 9.53 Å². The lowest BCUT2D eigenvalue weighted by Crippen LogP contribution is -2.32. The molecule has 0 unspecified atom stereocenters. The molecular weight excluding hydrogens is 312 g/mol. The maximum atomic E-state index is 12.1. The summed E-state index contributed by atoms with van der Waals surface area (Å²) in [5, 5.41) is 4.33. The molecule has 0 fully saturated rings. The molecule has 1 aromatic heterocycles. The fraction of sp³-hybridized carbons (Fsp3) is 0.353. The van der Waals surface area contributed by atoms with Gasteiger partial charge in [0.1, 0.15) is 11.5 Å². The van der Waals surface area contributed by atoms with Gasteiger partial charge in [0.2, 0.25) is 0 Å². The number of hydrogen-bond donors (Lipinski definition) is 0. The molecule has 0 saturated carbocycles. The van der Waals surface area contributed by atoms with Gasteiger partial charge in [-0.2, -0.15) is 5.10 Å². The predicted octanol–water partition coefficient (Wildman–Crippen LogP) is 2.05. The minimum absolute atomic E-state index is 0.377. The highest BCUT2D eigenvalue weighted by molar-refractivity contribution is 5.74. The molecule has 0 amide bonds. The molecule has 0 saturated heterocycles. The molecule has 1 heterocycles. The van der Waals surface area contributed by atoms with Gasteiger partial charge in [0.05, 0.1) is 27.0 Å². The molecule has 0 N–H and O–H groups in total. The summed E-state index contributed by atoms with van der Waals surface area (Å²) in [7, 11) is 4.39. The van der Waals surface area contributed by atoms with Crippen molar-refractivity contribution in [1.82, 2.24) is 9.78 Å². The van der Waals surface area contributed by atoms with Crippen molar-refractivity contribution in [2.45, 2.75) is 19.4 Å². The third-order valence-electron chi connectivity index (χ3n) is 3.66. The lowest BCUT2D eigenvalue weighted by atomic mass is 10.1. The molecule has 1 aromatic carbocycles. The second-order valence-corrected chi connectivity index (χ2v) is 5.01. The highest BCUT2D eigenvalue weighted by Crippen LogP contribution is 2.32. The van der Waals surface area contributed by atoms with Crippen molar-refractivity contribution >= 4 is 5.97 Å². The van der Waals surface area contributed by atoms with Crippen molar-refractivity contribution in [3.05, 3.63) is 40.7 Å². The Morgan fingerprint density at radius 3 is 2.50 bits per heavy atom. The number of carbonyl (C=O) groups excluding carboxylic acids is 1. The number of rotatable bonds is 6. The van der Waals surface area contributed by atoms with Crippen LogP contribution < -0.4 is 15.0 Å². The van der Waals surface area contributed by atoms with Gasteiger partial charge in [0.25, 0.3) is 5.56 Å². The summed E-state index contributed by atoms with van der Waals surface area (Å²) >= 11 is 0. The first-order chi connectivity index (χ1) is 11.5. The van der Waals surface area contributed by atoms with E-state index in [1.54, 1.807) is 45.4 Å². The standard InChI is InChI=1S/C17H20N2O5/c1-5-14(17(21)24-4)19-16(20)9-7-13(18-19)12-10-11(22-2)6-8-15(12)23-3/h6-10,14H,5H2,1-4H3/t14-/m1/s1. The molecule has 7 nitrogen and oxygen atoms in total. The summed E-state index contributed by atoms with van der Waals surface area (Å²) in [5.41, 5.74) is 0.774. The van der Waals surface area contributed by atoms with E-state index in [4.69, 9.17) is 14.2 Å². The van der Waals surface area contributed by atoms with Crippen LogP contribution in [-0.4, -0.2) is 37.1 Å². The topological polar surface area (TPSA) is 79.7 Å². The normalized spacial score (nSPS) is 11.7. The minimum Gasteiger partial charge on any atom is -0.497 e. The molecule has 0 radical (unpaired) electrons. The van der Waals surface area contributed by atoms with Crippen molar-refractivity contribution in [2.75, 3.05) is 21.3 Å². The van der Waals surface area contributed by atoms with Crippen LogP contribution in [0.5, 0.6) is 11.5 Å². The average molecular weight is 332 g/mol.